The van der Waals surface area contributed by atoms with Gasteiger partial charge in [-0.2, -0.15) is 0 Å². The van der Waals surface area contributed by atoms with Crippen LogP contribution in [0.15, 0.2) is 24.3 Å². The maximum Gasteiger partial charge on any atom is 0.0359 e. The Balaban J connectivity index is 2.72. The van der Waals surface area contributed by atoms with E-state index in [4.69, 9.17) is 5.73 Å². The lowest BCUT2D eigenvalue weighted by Crippen LogP contribution is -2.34. The number of nitrogens with two attached hydrogens (primary N) is 1. The largest absolute Gasteiger partial charge is 0.398 e. The van der Waals surface area contributed by atoms with E-state index in [1.165, 1.54) is 24.9 Å². The summed E-state index contributed by atoms with van der Waals surface area (Å²) in [7, 11) is 0. The maximum atomic E-state index is 6.04. The molecule has 1 aromatic rings. The molecule has 18 heavy (non-hydrogen) atoms. The minimum atomic E-state index is 0.560. The van der Waals surface area contributed by atoms with Crippen molar-refractivity contribution in [2.24, 2.45) is 5.92 Å². The maximum absolute atomic E-state index is 6.04. The monoisotopic (exact) mass is 248 g/mol. The topological polar surface area (TPSA) is 29.3 Å². The molecule has 2 heteroatoms. The van der Waals surface area contributed by atoms with Crippen LogP contribution >= 0.6 is 0 Å². The van der Waals surface area contributed by atoms with Gasteiger partial charge in [-0.1, -0.05) is 44.9 Å². The molecule has 0 unspecified atom stereocenters. The van der Waals surface area contributed by atoms with Crippen molar-refractivity contribution in [2.45, 2.75) is 53.1 Å². The van der Waals surface area contributed by atoms with Crippen LogP contribution in [0.25, 0.3) is 0 Å². The molecular formula is C16H28N2. The Morgan fingerprint density at radius 1 is 1.11 bits per heavy atom. The fourth-order valence-corrected chi connectivity index (χ4v) is 2.23. The Morgan fingerprint density at radius 3 is 2.22 bits per heavy atom. The minimum Gasteiger partial charge on any atom is -0.398 e. The van der Waals surface area contributed by atoms with Crippen molar-refractivity contribution < 1.29 is 0 Å². The smallest absolute Gasteiger partial charge is 0.0359 e. The number of anilines is 1. The summed E-state index contributed by atoms with van der Waals surface area (Å²) in [6, 6.07) is 8.76. The highest BCUT2D eigenvalue weighted by atomic mass is 15.1. The van der Waals surface area contributed by atoms with Crippen LogP contribution in [0.1, 0.15) is 46.1 Å². The second-order valence-electron chi connectivity index (χ2n) is 5.40. The van der Waals surface area contributed by atoms with E-state index >= 15 is 0 Å². The normalized spacial score (nSPS) is 11.7. The molecule has 1 rings (SSSR count). The molecule has 2 nitrogen and oxygen atoms in total. The molecule has 2 N–H and O–H groups in total. The van der Waals surface area contributed by atoms with E-state index < -0.39 is 0 Å². The van der Waals surface area contributed by atoms with Crippen molar-refractivity contribution >= 4 is 5.69 Å². The van der Waals surface area contributed by atoms with Gasteiger partial charge in [-0.05, 0) is 31.4 Å². The van der Waals surface area contributed by atoms with Crippen LogP contribution in [0.2, 0.25) is 0 Å². The quantitative estimate of drug-likeness (QED) is 0.741. The van der Waals surface area contributed by atoms with Crippen LogP contribution in [-0.4, -0.2) is 17.5 Å². The lowest BCUT2D eigenvalue weighted by molar-refractivity contribution is 0.174. The highest BCUT2D eigenvalue weighted by Gasteiger charge is 2.15. The van der Waals surface area contributed by atoms with Crippen molar-refractivity contribution in [3.63, 3.8) is 0 Å². The SMILES string of the molecule is CCC(CC)CN(Cc1ccccc1N)C(C)C. The number of benzene rings is 1. The van der Waals surface area contributed by atoms with Gasteiger partial charge in [-0.25, -0.2) is 0 Å². The van der Waals surface area contributed by atoms with Crippen molar-refractivity contribution in [1.82, 2.24) is 4.90 Å². The number of hydrogen-bond donors (Lipinski definition) is 1. The van der Waals surface area contributed by atoms with Crippen LogP contribution in [0.4, 0.5) is 5.69 Å². The molecular weight excluding hydrogens is 220 g/mol. The molecule has 0 saturated heterocycles. The average Bonchev–Trinajstić information content (AvgIpc) is 2.36. The zero-order chi connectivity index (χ0) is 13.5. The van der Waals surface area contributed by atoms with Crippen LogP contribution < -0.4 is 5.73 Å². The zero-order valence-electron chi connectivity index (χ0n) is 12.3. The molecule has 0 amide bonds. The second kappa shape index (κ2) is 7.42. The van der Waals surface area contributed by atoms with E-state index in [-0.39, 0.29) is 0 Å². The molecule has 0 spiro atoms. The summed E-state index contributed by atoms with van der Waals surface area (Å²) in [6.07, 6.45) is 2.51. The van der Waals surface area contributed by atoms with Crippen molar-refractivity contribution in [3.05, 3.63) is 29.8 Å². The number of hydrogen-bond acceptors (Lipinski definition) is 2. The minimum absolute atomic E-state index is 0.560. The first-order valence-corrected chi connectivity index (χ1v) is 7.15. The van der Waals surface area contributed by atoms with Gasteiger partial charge in [0.2, 0.25) is 0 Å². The number of para-hydroxylation sites is 1. The van der Waals surface area contributed by atoms with E-state index in [0.29, 0.717) is 6.04 Å². The summed E-state index contributed by atoms with van der Waals surface area (Å²) in [5.74, 6) is 0.789. The molecule has 102 valence electrons. The summed E-state index contributed by atoms with van der Waals surface area (Å²) in [5.41, 5.74) is 8.20. The molecule has 0 aliphatic rings. The summed E-state index contributed by atoms with van der Waals surface area (Å²) in [5, 5.41) is 0. The zero-order valence-corrected chi connectivity index (χ0v) is 12.3. The lowest BCUT2D eigenvalue weighted by Gasteiger charge is -2.30. The molecule has 0 atom stereocenters. The fourth-order valence-electron chi connectivity index (χ4n) is 2.23. The third-order valence-electron chi connectivity index (χ3n) is 3.81. The Morgan fingerprint density at radius 2 is 1.72 bits per heavy atom. The van der Waals surface area contributed by atoms with E-state index in [1.54, 1.807) is 0 Å². The van der Waals surface area contributed by atoms with Crippen molar-refractivity contribution in [2.75, 3.05) is 12.3 Å². The molecule has 0 aliphatic carbocycles. The van der Waals surface area contributed by atoms with Gasteiger partial charge in [-0.3, -0.25) is 4.90 Å². The van der Waals surface area contributed by atoms with Crippen molar-refractivity contribution in [1.29, 1.82) is 0 Å². The van der Waals surface area contributed by atoms with Gasteiger partial charge in [0.25, 0.3) is 0 Å². The summed E-state index contributed by atoms with van der Waals surface area (Å²) in [6.45, 7) is 11.2. The van der Waals surface area contributed by atoms with Crippen molar-refractivity contribution in [3.8, 4) is 0 Å². The van der Waals surface area contributed by atoms with E-state index in [1.807, 2.05) is 12.1 Å². The predicted molar refractivity (Wildman–Crippen MR) is 80.5 cm³/mol. The van der Waals surface area contributed by atoms with E-state index in [9.17, 15) is 0 Å². The van der Waals surface area contributed by atoms with Crippen LogP contribution in [-0.2, 0) is 6.54 Å². The molecule has 1 aromatic carbocycles. The third-order valence-corrected chi connectivity index (χ3v) is 3.81. The molecule has 0 radical (unpaired) electrons. The van der Waals surface area contributed by atoms with Gasteiger partial charge in [0.1, 0.15) is 0 Å². The van der Waals surface area contributed by atoms with Gasteiger partial charge in [0, 0.05) is 24.8 Å². The summed E-state index contributed by atoms with van der Waals surface area (Å²) < 4.78 is 0. The highest BCUT2D eigenvalue weighted by molar-refractivity contribution is 5.46. The summed E-state index contributed by atoms with van der Waals surface area (Å²) >= 11 is 0. The predicted octanol–water partition coefficient (Wildman–Crippen LogP) is 3.92. The molecule has 0 aliphatic heterocycles. The standard InChI is InChI=1S/C16H28N2/c1-5-14(6-2)11-18(13(3)4)12-15-9-7-8-10-16(15)17/h7-10,13-14H,5-6,11-12,17H2,1-4H3. The highest BCUT2D eigenvalue weighted by Crippen LogP contribution is 2.18. The van der Waals surface area contributed by atoms with Gasteiger partial charge in [0.05, 0.1) is 0 Å². The number of nitrogen functional groups attached to an aromatic ring is 1. The number of rotatable bonds is 7. The van der Waals surface area contributed by atoms with Gasteiger partial charge < -0.3 is 5.73 Å². The van der Waals surface area contributed by atoms with Gasteiger partial charge in [-0.15, -0.1) is 0 Å². The Hall–Kier alpha value is -1.02. The molecule has 0 aromatic heterocycles. The van der Waals surface area contributed by atoms with E-state index in [2.05, 4.69) is 44.7 Å². The first-order valence-electron chi connectivity index (χ1n) is 7.15. The summed E-state index contributed by atoms with van der Waals surface area (Å²) in [4.78, 5) is 2.53. The first kappa shape index (κ1) is 15.0. The Labute approximate surface area is 112 Å². The second-order valence-corrected chi connectivity index (χ2v) is 5.40. The molecule has 0 bridgehead atoms. The number of nitrogens with zero attached hydrogens (tertiary/aromatic N) is 1. The lowest BCUT2D eigenvalue weighted by atomic mass is 10.0. The first-order chi connectivity index (χ1) is 8.58. The van der Waals surface area contributed by atoms with Gasteiger partial charge in [0.15, 0.2) is 0 Å². The van der Waals surface area contributed by atoms with E-state index in [0.717, 1.165) is 18.2 Å². The van der Waals surface area contributed by atoms with Crippen LogP contribution in [0.5, 0.6) is 0 Å². The molecule has 0 fully saturated rings. The van der Waals surface area contributed by atoms with Crippen LogP contribution in [0, 0.1) is 5.92 Å². The Kier molecular flexibility index (Phi) is 6.20. The van der Waals surface area contributed by atoms with Gasteiger partial charge >= 0.3 is 0 Å². The van der Waals surface area contributed by atoms with Crippen LogP contribution in [0.3, 0.4) is 0 Å². The third kappa shape index (κ3) is 4.34. The fraction of sp³-hybridized carbons (Fsp3) is 0.625. The Bertz CT molecular complexity index is 343. The molecule has 0 heterocycles. The average molecular weight is 248 g/mol. The molecule has 0 saturated carbocycles.